The highest BCUT2D eigenvalue weighted by Crippen LogP contribution is 2.31. The lowest BCUT2D eigenvalue weighted by Gasteiger charge is -2.00. The molecule has 0 fully saturated rings. The van der Waals surface area contributed by atoms with Gasteiger partial charge in [0.1, 0.15) is 6.61 Å². The van der Waals surface area contributed by atoms with E-state index in [-0.39, 0.29) is 5.76 Å². The van der Waals surface area contributed by atoms with Crippen molar-refractivity contribution in [3.05, 3.63) is 42.2 Å². The molecule has 2 aromatic heterocycles. The molecule has 3 aromatic rings. The Morgan fingerprint density at radius 1 is 1.33 bits per heavy atom. The molecule has 4 nitrogen and oxygen atoms in total. The van der Waals surface area contributed by atoms with Crippen LogP contribution >= 0.6 is 23.1 Å². The average Bonchev–Trinajstić information content (AvgIpc) is 3.13. The minimum atomic E-state index is -0.434. The van der Waals surface area contributed by atoms with Crippen LogP contribution in [0.3, 0.4) is 0 Å². The highest BCUT2D eigenvalue weighted by Gasteiger charge is 2.15. The summed E-state index contributed by atoms with van der Waals surface area (Å²) in [5, 5.41) is 0.763. The van der Waals surface area contributed by atoms with Crippen molar-refractivity contribution in [1.29, 1.82) is 0 Å². The summed E-state index contributed by atoms with van der Waals surface area (Å²) in [4.78, 5) is 16.3. The van der Waals surface area contributed by atoms with E-state index in [1.54, 1.807) is 23.9 Å². The van der Waals surface area contributed by atoms with Gasteiger partial charge in [-0.25, -0.2) is 9.78 Å². The van der Waals surface area contributed by atoms with Crippen LogP contribution in [0, 0.1) is 0 Å². The molecule has 0 spiro atoms. The Bertz CT molecular complexity index is 730. The number of thiazole rings is 1. The third-order valence-electron chi connectivity index (χ3n) is 2.83. The van der Waals surface area contributed by atoms with E-state index < -0.39 is 5.97 Å². The van der Waals surface area contributed by atoms with Crippen LogP contribution < -0.4 is 0 Å². The second-order valence-electron chi connectivity index (χ2n) is 4.28. The molecule has 0 saturated carbocycles. The van der Waals surface area contributed by atoms with Crippen molar-refractivity contribution in [2.24, 2.45) is 0 Å². The zero-order valence-electron chi connectivity index (χ0n) is 11.4. The molecule has 0 unspecified atom stereocenters. The number of carbonyl (C=O) groups is 1. The highest BCUT2D eigenvalue weighted by molar-refractivity contribution is 7.98. The number of fused-ring (bicyclic) bond motifs is 1. The third-order valence-corrected chi connectivity index (χ3v) is 4.46. The molecular formula is C15H13NO3S2. The van der Waals surface area contributed by atoms with Crippen LogP contribution in [0.25, 0.3) is 21.0 Å². The van der Waals surface area contributed by atoms with Crippen LogP contribution in [0.2, 0.25) is 0 Å². The molecule has 0 atom stereocenters. The van der Waals surface area contributed by atoms with Gasteiger partial charge in [-0.05, 0) is 30.5 Å². The average molecular weight is 319 g/mol. The number of rotatable bonds is 5. The molecule has 6 heteroatoms. The maximum absolute atomic E-state index is 11.8. The van der Waals surface area contributed by atoms with E-state index in [9.17, 15) is 4.79 Å². The lowest BCUT2D eigenvalue weighted by atomic mass is 10.3. The van der Waals surface area contributed by atoms with E-state index >= 15 is 0 Å². The number of hydrogen-bond donors (Lipinski definition) is 0. The molecule has 21 heavy (non-hydrogen) atoms. The minimum absolute atomic E-state index is 0.213. The fourth-order valence-corrected chi connectivity index (χ4v) is 3.01. The standard InChI is InChI=1S/C15H13NO3S2/c1-20-9-8-18-15(17)12-7-6-11(19-12)14-16-10-4-2-3-5-13(10)21-14/h2-7H,8-9H2,1H3. The molecular weight excluding hydrogens is 306 g/mol. The number of aromatic nitrogens is 1. The topological polar surface area (TPSA) is 52.3 Å². The van der Waals surface area contributed by atoms with Crippen molar-refractivity contribution < 1.29 is 13.9 Å². The van der Waals surface area contributed by atoms with E-state index in [4.69, 9.17) is 9.15 Å². The van der Waals surface area contributed by atoms with Crippen molar-refractivity contribution in [2.45, 2.75) is 0 Å². The number of hydrogen-bond acceptors (Lipinski definition) is 6. The number of ether oxygens (including phenoxy) is 1. The maximum Gasteiger partial charge on any atom is 0.374 e. The Balaban J connectivity index is 1.79. The van der Waals surface area contributed by atoms with Gasteiger partial charge in [-0.3, -0.25) is 0 Å². The van der Waals surface area contributed by atoms with Crippen LogP contribution in [0.5, 0.6) is 0 Å². The lowest BCUT2D eigenvalue weighted by molar-refractivity contribution is 0.0495. The van der Waals surface area contributed by atoms with Gasteiger partial charge in [-0.15, -0.1) is 11.3 Å². The van der Waals surface area contributed by atoms with Crippen molar-refractivity contribution in [2.75, 3.05) is 18.6 Å². The Morgan fingerprint density at radius 3 is 3.00 bits per heavy atom. The number of thioether (sulfide) groups is 1. The predicted octanol–water partition coefficient (Wildman–Crippen LogP) is 4.08. The number of nitrogens with zero attached hydrogens (tertiary/aromatic N) is 1. The second kappa shape index (κ2) is 6.32. The first-order chi connectivity index (χ1) is 10.3. The van der Waals surface area contributed by atoms with Gasteiger partial charge in [0.25, 0.3) is 0 Å². The molecule has 0 amide bonds. The monoisotopic (exact) mass is 319 g/mol. The fourth-order valence-electron chi connectivity index (χ4n) is 1.83. The van der Waals surface area contributed by atoms with Crippen molar-refractivity contribution in [1.82, 2.24) is 4.98 Å². The van der Waals surface area contributed by atoms with Crippen molar-refractivity contribution >= 4 is 39.3 Å². The van der Waals surface area contributed by atoms with Gasteiger partial charge in [-0.2, -0.15) is 11.8 Å². The Hall–Kier alpha value is -1.79. The predicted molar refractivity (Wildman–Crippen MR) is 86.0 cm³/mol. The molecule has 108 valence electrons. The van der Waals surface area contributed by atoms with E-state index in [1.165, 1.54) is 11.3 Å². The van der Waals surface area contributed by atoms with Gasteiger partial charge in [0.2, 0.25) is 5.76 Å². The first-order valence-electron chi connectivity index (χ1n) is 6.40. The number of furan rings is 1. The molecule has 3 rings (SSSR count). The van der Waals surface area contributed by atoms with Gasteiger partial charge in [0.05, 0.1) is 10.2 Å². The molecule has 0 aliphatic rings. The zero-order valence-corrected chi connectivity index (χ0v) is 13.0. The Morgan fingerprint density at radius 2 is 2.19 bits per heavy atom. The number of esters is 1. The van der Waals surface area contributed by atoms with Crippen molar-refractivity contribution in [3.8, 4) is 10.8 Å². The van der Waals surface area contributed by atoms with Gasteiger partial charge >= 0.3 is 5.97 Å². The van der Waals surface area contributed by atoms with Crippen LogP contribution in [0.4, 0.5) is 0 Å². The van der Waals surface area contributed by atoms with Gasteiger partial charge in [0.15, 0.2) is 10.8 Å². The van der Waals surface area contributed by atoms with Crippen molar-refractivity contribution in [3.63, 3.8) is 0 Å². The van der Waals surface area contributed by atoms with Gasteiger partial charge in [-0.1, -0.05) is 12.1 Å². The zero-order chi connectivity index (χ0) is 14.7. The summed E-state index contributed by atoms with van der Waals surface area (Å²) in [7, 11) is 0. The smallest absolute Gasteiger partial charge is 0.374 e. The number of carbonyl (C=O) groups excluding carboxylic acids is 1. The SMILES string of the molecule is CSCCOC(=O)c1ccc(-c2nc3ccccc3s2)o1. The minimum Gasteiger partial charge on any atom is -0.459 e. The first-order valence-corrected chi connectivity index (χ1v) is 8.61. The normalized spacial score (nSPS) is 10.9. The molecule has 2 heterocycles. The first kappa shape index (κ1) is 14.2. The fraction of sp³-hybridized carbons (Fsp3) is 0.200. The summed E-state index contributed by atoms with van der Waals surface area (Å²) >= 11 is 3.16. The number of benzene rings is 1. The highest BCUT2D eigenvalue weighted by atomic mass is 32.2. The molecule has 0 N–H and O–H groups in total. The van der Waals surface area contributed by atoms with E-state index in [1.807, 2.05) is 30.5 Å². The number of para-hydroxylation sites is 1. The summed E-state index contributed by atoms with van der Waals surface area (Å²) in [5.41, 5.74) is 0.929. The van der Waals surface area contributed by atoms with Crippen LogP contribution in [0.15, 0.2) is 40.8 Å². The summed E-state index contributed by atoms with van der Waals surface area (Å²) in [5.74, 6) is 1.15. The summed E-state index contributed by atoms with van der Waals surface area (Å²) in [6.45, 7) is 0.386. The quantitative estimate of drug-likeness (QED) is 0.524. The van der Waals surface area contributed by atoms with Crippen LogP contribution in [-0.4, -0.2) is 29.6 Å². The molecule has 0 aliphatic carbocycles. The second-order valence-corrected chi connectivity index (χ2v) is 6.30. The van der Waals surface area contributed by atoms with Crippen LogP contribution in [0.1, 0.15) is 10.6 Å². The molecule has 1 aromatic carbocycles. The van der Waals surface area contributed by atoms with Gasteiger partial charge < -0.3 is 9.15 Å². The van der Waals surface area contributed by atoms with Gasteiger partial charge in [0, 0.05) is 5.75 Å². The Labute approximate surface area is 130 Å². The van der Waals surface area contributed by atoms with E-state index in [0.717, 1.165) is 21.0 Å². The van der Waals surface area contributed by atoms with E-state index in [0.29, 0.717) is 12.4 Å². The summed E-state index contributed by atoms with van der Waals surface area (Å²) in [6.07, 6.45) is 1.96. The van der Waals surface area contributed by atoms with E-state index in [2.05, 4.69) is 4.98 Å². The molecule has 0 saturated heterocycles. The molecule has 0 bridgehead atoms. The summed E-state index contributed by atoms with van der Waals surface area (Å²) in [6, 6.07) is 11.3. The maximum atomic E-state index is 11.8. The Kier molecular flexibility index (Phi) is 4.26. The molecule has 0 aliphatic heterocycles. The third kappa shape index (κ3) is 3.11. The largest absolute Gasteiger partial charge is 0.459 e. The lowest BCUT2D eigenvalue weighted by Crippen LogP contribution is -2.06. The summed E-state index contributed by atoms with van der Waals surface area (Å²) < 4.78 is 11.8. The van der Waals surface area contributed by atoms with Crippen LogP contribution in [-0.2, 0) is 4.74 Å². The molecule has 0 radical (unpaired) electrons.